The first-order valence-corrected chi connectivity index (χ1v) is 6.47. The topological polar surface area (TPSA) is 35.2 Å². The molecule has 0 aliphatic rings. The van der Waals surface area contributed by atoms with Crippen molar-refractivity contribution in [1.29, 1.82) is 0 Å². The Labute approximate surface area is 117 Å². The summed E-state index contributed by atoms with van der Waals surface area (Å²) in [5, 5.41) is 0. The van der Waals surface area contributed by atoms with Crippen LogP contribution in [0.5, 0.6) is 5.75 Å². The normalized spacial score (nSPS) is 12.2. The van der Waals surface area contributed by atoms with E-state index in [-0.39, 0.29) is 24.2 Å². The van der Waals surface area contributed by atoms with Crippen LogP contribution in [0.4, 0.5) is 8.78 Å². The van der Waals surface area contributed by atoms with Gasteiger partial charge in [0.2, 0.25) is 0 Å². The van der Waals surface area contributed by atoms with Crippen molar-refractivity contribution < 1.29 is 13.5 Å². The molecule has 106 valence electrons. The average molecular weight is 277 g/mol. The molecule has 2 aromatic rings. The van der Waals surface area contributed by atoms with Crippen molar-refractivity contribution in [2.75, 3.05) is 0 Å². The van der Waals surface area contributed by atoms with Crippen molar-refractivity contribution in [2.45, 2.75) is 26.0 Å². The van der Waals surface area contributed by atoms with Gasteiger partial charge in [-0.15, -0.1) is 0 Å². The van der Waals surface area contributed by atoms with Gasteiger partial charge in [-0.3, -0.25) is 0 Å². The quantitative estimate of drug-likeness (QED) is 0.908. The molecule has 0 saturated carbocycles. The summed E-state index contributed by atoms with van der Waals surface area (Å²) in [5.41, 5.74) is 6.82. The van der Waals surface area contributed by atoms with E-state index in [0.29, 0.717) is 17.5 Å². The second-order valence-corrected chi connectivity index (χ2v) is 4.79. The van der Waals surface area contributed by atoms with Gasteiger partial charge >= 0.3 is 0 Å². The largest absolute Gasteiger partial charge is 0.485 e. The molecule has 0 heterocycles. The molecule has 20 heavy (non-hydrogen) atoms. The number of para-hydroxylation sites is 1. The van der Waals surface area contributed by atoms with Crippen LogP contribution in [-0.2, 0) is 13.0 Å². The minimum atomic E-state index is -0.459. The van der Waals surface area contributed by atoms with Gasteiger partial charge < -0.3 is 10.5 Å². The Morgan fingerprint density at radius 1 is 1.00 bits per heavy atom. The number of halogens is 2. The number of ether oxygens (including phenoxy) is 1. The minimum absolute atomic E-state index is 0.0143. The van der Waals surface area contributed by atoms with Crippen LogP contribution in [0.1, 0.15) is 18.1 Å². The summed E-state index contributed by atoms with van der Waals surface area (Å²) < 4.78 is 32.8. The fraction of sp³-hybridized carbons (Fsp3) is 0.250. The van der Waals surface area contributed by atoms with Crippen LogP contribution < -0.4 is 10.5 Å². The predicted molar refractivity (Wildman–Crippen MR) is 74.5 cm³/mol. The predicted octanol–water partition coefficient (Wildman–Crippen LogP) is 3.43. The zero-order valence-electron chi connectivity index (χ0n) is 11.3. The molecule has 0 aliphatic heterocycles. The molecule has 2 nitrogen and oxygen atoms in total. The third kappa shape index (κ3) is 3.54. The second-order valence-electron chi connectivity index (χ2n) is 4.79. The van der Waals surface area contributed by atoms with Gasteiger partial charge in [0.15, 0.2) is 11.6 Å². The molecular weight excluding hydrogens is 260 g/mol. The molecule has 0 bridgehead atoms. The Kier molecular flexibility index (Phi) is 4.69. The van der Waals surface area contributed by atoms with E-state index in [2.05, 4.69) is 0 Å². The monoisotopic (exact) mass is 277 g/mol. The lowest BCUT2D eigenvalue weighted by molar-refractivity contribution is 0.281. The Bertz CT molecular complexity index is 584. The maximum absolute atomic E-state index is 13.8. The van der Waals surface area contributed by atoms with E-state index in [4.69, 9.17) is 10.5 Å². The summed E-state index contributed by atoms with van der Waals surface area (Å²) in [4.78, 5) is 0. The van der Waals surface area contributed by atoms with E-state index in [0.717, 1.165) is 0 Å². The van der Waals surface area contributed by atoms with Crippen LogP contribution in [-0.4, -0.2) is 6.04 Å². The van der Waals surface area contributed by atoms with Crippen molar-refractivity contribution in [1.82, 2.24) is 0 Å². The second kappa shape index (κ2) is 6.48. The van der Waals surface area contributed by atoms with E-state index >= 15 is 0 Å². The number of hydrogen-bond acceptors (Lipinski definition) is 2. The van der Waals surface area contributed by atoms with Gasteiger partial charge in [0.05, 0.1) is 0 Å². The number of hydrogen-bond donors (Lipinski definition) is 1. The lowest BCUT2D eigenvalue weighted by Crippen LogP contribution is -2.18. The Hall–Kier alpha value is -1.94. The SMILES string of the molecule is CC(N)Cc1cccc(F)c1OCc1ccccc1F. The molecule has 0 saturated heterocycles. The third-order valence-electron chi connectivity index (χ3n) is 2.92. The lowest BCUT2D eigenvalue weighted by atomic mass is 10.1. The van der Waals surface area contributed by atoms with Gasteiger partial charge in [0, 0.05) is 11.6 Å². The van der Waals surface area contributed by atoms with Gasteiger partial charge in [-0.05, 0) is 31.0 Å². The molecule has 2 aromatic carbocycles. The van der Waals surface area contributed by atoms with Crippen molar-refractivity contribution in [2.24, 2.45) is 5.73 Å². The molecule has 0 fully saturated rings. The van der Waals surface area contributed by atoms with Gasteiger partial charge in [0.1, 0.15) is 12.4 Å². The smallest absolute Gasteiger partial charge is 0.165 e. The van der Waals surface area contributed by atoms with Gasteiger partial charge in [-0.2, -0.15) is 0 Å². The molecule has 0 radical (unpaired) electrons. The van der Waals surface area contributed by atoms with Gasteiger partial charge in [-0.1, -0.05) is 30.3 Å². The first kappa shape index (κ1) is 14.5. The van der Waals surface area contributed by atoms with E-state index in [9.17, 15) is 8.78 Å². The molecule has 2 N–H and O–H groups in total. The zero-order chi connectivity index (χ0) is 14.5. The van der Waals surface area contributed by atoms with Gasteiger partial charge in [0.25, 0.3) is 0 Å². The summed E-state index contributed by atoms with van der Waals surface area (Å²) in [6.45, 7) is 1.82. The molecule has 0 aromatic heterocycles. The van der Waals surface area contributed by atoms with Crippen molar-refractivity contribution in [3.63, 3.8) is 0 Å². The van der Waals surface area contributed by atoms with Crippen LogP contribution in [0.2, 0.25) is 0 Å². The fourth-order valence-electron chi connectivity index (χ4n) is 1.99. The number of rotatable bonds is 5. The van der Waals surface area contributed by atoms with Crippen LogP contribution in [0.3, 0.4) is 0 Å². The summed E-state index contributed by atoms with van der Waals surface area (Å²) in [7, 11) is 0. The van der Waals surface area contributed by atoms with Crippen LogP contribution in [0, 0.1) is 11.6 Å². The third-order valence-corrected chi connectivity index (χ3v) is 2.92. The number of nitrogens with two attached hydrogens (primary N) is 1. The summed E-state index contributed by atoms with van der Waals surface area (Å²) in [6.07, 6.45) is 0.504. The number of benzene rings is 2. The van der Waals surface area contributed by atoms with Crippen LogP contribution in [0.25, 0.3) is 0 Å². The van der Waals surface area contributed by atoms with E-state index < -0.39 is 5.82 Å². The van der Waals surface area contributed by atoms with E-state index in [1.165, 1.54) is 12.1 Å². The average Bonchev–Trinajstić information content (AvgIpc) is 2.39. The first-order chi connectivity index (χ1) is 9.58. The summed E-state index contributed by atoms with van der Waals surface area (Å²) >= 11 is 0. The highest BCUT2D eigenvalue weighted by Gasteiger charge is 2.12. The molecule has 1 atom stereocenters. The first-order valence-electron chi connectivity index (χ1n) is 6.47. The molecular formula is C16H17F2NO. The van der Waals surface area contributed by atoms with Gasteiger partial charge in [-0.25, -0.2) is 8.78 Å². The van der Waals surface area contributed by atoms with E-state index in [1.54, 1.807) is 30.3 Å². The molecule has 0 aliphatic carbocycles. The van der Waals surface area contributed by atoms with E-state index in [1.807, 2.05) is 6.92 Å². The standard InChI is InChI=1S/C16H17F2NO/c1-11(19)9-12-6-4-8-15(18)16(12)20-10-13-5-2-3-7-14(13)17/h2-8,11H,9-10,19H2,1H3. The highest BCUT2D eigenvalue weighted by atomic mass is 19.1. The van der Waals surface area contributed by atoms with Crippen molar-refractivity contribution in [3.05, 3.63) is 65.2 Å². The van der Waals surface area contributed by atoms with Crippen molar-refractivity contribution >= 4 is 0 Å². The van der Waals surface area contributed by atoms with Crippen molar-refractivity contribution in [3.8, 4) is 5.75 Å². The Morgan fingerprint density at radius 3 is 2.35 bits per heavy atom. The molecule has 0 amide bonds. The molecule has 2 rings (SSSR count). The summed E-state index contributed by atoms with van der Waals surface area (Å²) in [6, 6.07) is 10.9. The molecule has 0 spiro atoms. The van der Waals surface area contributed by atoms with Crippen LogP contribution >= 0.6 is 0 Å². The molecule has 4 heteroatoms. The maximum Gasteiger partial charge on any atom is 0.165 e. The maximum atomic E-state index is 13.8. The zero-order valence-corrected chi connectivity index (χ0v) is 11.3. The Morgan fingerprint density at radius 2 is 1.65 bits per heavy atom. The highest BCUT2D eigenvalue weighted by Crippen LogP contribution is 2.25. The van der Waals surface area contributed by atoms with Crippen LogP contribution in [0.15, 0.2) is 42.5 Å². The fourth-order valence-corrected chi connectivity index (χ4v) is 1.99. The Balaban J connectivity index is 2.18. The lowest BCUT2D eigenvalue weighted by Gasteiger charge is -2.14. The molecule has 1 unspecified atom stereocenters. The highest BCUT2D eigenvalue weighted by molar-refractivity contribution is 5.36. The summed E-state index contributed by atoms with van der Waals surface area (Å²) in [5.74, 6) is -0.676. The minimum Gasteiger partial charge on any atom is -0.485 e.